The minimum Gasteiger partial charge on any atom is -0.326 e. The zero-order chi connectivity index (χ0) is 26.9. The lowest BCUT2D eigenvalue weighted by Crippen LogP contribution is -2.39. The highest BCUT2D eigenvalue weighted by Crippen LogP contribution is 2.27. The van der Waals surface area contributed by atoms with E-state index in [1.54, 1.807) is 31.2 Å². The summed E-state index contributed by atoms with van der Waals surface area (Å²) in [5.41, 5.74) is 0.860. The van der Waals surface area contributed by atoms with Gasteiger partial charge in [-0.2, -0.15) is 5.26 Å². The molecule has 0 bridgehead atoms. The first-order chi connectivity index (χ1) is 17.7. The van der Waals surface area contributed by atoms with Crippen LogP contribution in [0.3, 0.4) is 0 Å². The molecule has 37 heavy (non-hydrogen) atoms. The summed E-state index contributed by atoms with van der Waals surface area (Å²) in [5.74, 6) is -1.93. The summed E-state index contributed by atoms with van der Waals surface area (Å²) in [6, 6.07) is 11.4. The number of aromatic nitrogens is 2. The maximum absolute atomic E-state index is 13.3. The van der Waals surface area contributed by atoms with Crippen LogP contribution in [0.5, 0.6) is 0 Å². The molecule has 2 atom stereocenters. The molecule has 0 saturated carbocycles. The van der Waals surface area contributed by atoms with E-state index in [1.165, 1.54) is 21.3 Å². The summed E-state index contributed by atoms with van der Waals surface area (Å²) in [7, 11) is 1.83. The first-order valence-corrected chi connectivity index (χ1v) is 12.3. The lowest BCUT2D eigenvalue weighted by atomic mass is 9.94. The molecule has 0 radical (unpaired) electrons. The normalized spacial score (nSPS) is 17.5. The number of rotatable bonds is 6. The number of amides is 2. The second kappa shape index (κ2) is 10.6. The smallest absolute Gasteiger partial charge is 0.326 e. The summed E-state index contributed by atoms with van der Waals surface area (Å²) in [4.78, 5) is 53.8. The zero-order valence-electron chi connectivity index (χ0n) is 20.7. The van der Waals surface area contributed by atoms with E-state index in [9.17, 15) is 19.2 Å². The molecule has 192 valence electrons. The second-order valence-electron chi connectivity index (χ2n) is 9.03. The van der Waals surface area contributed by atoms with Crippen molar-refractivity contribution in [1.82, 2.24) is 14.0 Å². The summed E-state index contributed by atoms with van der Waals surface area (Å²) < 4.78 is 2.69. The van der Waals surface area contributed by atoms with Crippen LogP contribution < -0.4 is 21.9 Å². The predicted molar refractivity (Wildman–Crippen MR) is 142 cm³/mol. The molecule has 1 fully saturated rings. The van der Waals surface area contributed by atoms with Gasteiger partial charge in [-0.05, 0) is 57.3 Å². The van der Waals surface area contributed by atoms with E-state index in [1.807, 2.05) is 24.9 Å². The van der Waals surface area contributed by atoms with Gasteiger partial charge in [0.25, 0.3) is 5.56 Å². The number of fused-ring (bicyclic) bond motifs is 1. The van der Waals surface area contributed by atoms with Crippen LogP contribution in [0.1, 0.15) is 19.4 Å². The number of nitrogens with one attached hydrogen (secondary N) is 2. The first-order valence-electron chi connectivity index (χ1n) is 12.0. The van der Waals surface area contributed by atoms with Crippen LogP contribution in [0.25, 0.3) is 10.9 Å². The third-order valence-corrected chi connectivity index (χ3v) is 6.97. The summed E-state index contributed by atoms with van der Waals surface area (Å²) in [5, 5.41) is 15.2. The molecule has 1 saturated heterocycles. The second-order valence-corrected chi connectivity index (χ2v) is 9.43. The lowest BCUT2D eigenvalue weighted by molar-refractivity contribution is -0.127. The standard InChI is InChI=1S/C26H27ClN6O4/c1-4-32-22-9-8-16(10-18(22)25(36)33(5-2)26(32)37)29-23(34)19-13-31(3)14-20(19)24(35)30-17-7-6-15(12-28)21(27)11-17/h6-11,19-20H,4-5,13-14H2,1-3H3,(H,29,34)(H,30,35)/t19-,20-/m0/s1. The number of benzene rings is 2. The maximum Gasteiger partial charge on any atom is 0.331 e. The first kappa shape index (κ1) is 26.1. The van der Waals surface area contributed by atoms with Gasteiger partial charge in [0.05, 0.1) is 33.3 Å². The topological polar surface area (TPSA) is 129 Å². The molecule has 1 aliphatic heterocycles. The molecule has 3 aromatic rings. The van der Waals surface area contributed by atoms with Crippen LogP contribution in [-0.2, 0) is 22.7 Å². The Morgan fingerprint density at radius 1 is 0.973 bits per heavy atom. The van der Waals surface area contributed by atoms with Crippen molar-refractivity contribution in [2.24, 2.45) is 11.8 Å². The average Bonchev–Trinajstić information content (AvgIpc) is 3.27. The number of likely N-dealkylation sites (tertiary alicyclic amines) is 1. The predicted octanol–water partition coefficient (Wildman–Crippen LogP) is 2.48. The van der Waals surface area contributed by atoms with Crippen LogP contribution in [0.15, 0.2) is 46.0 Å². The number of aryl methyl sites for hydroxylation is 1. The maximum atomic E-state index is 13.3. The van der Waals surface area contributed by atoms with Crippen LogP contribution >= 0.6 is 11.6 Å². The number of anilines is 2. The Kier molecular flexibility index (Phi) is 7.47. The van der Waals surface area contributed by atoms with Gasteiger partial charge in [0, 0.05) is 37.6 Å². The van der Waals surface area contributed by atoms with Crippen molar-refractivity contribution < 1.29 is 9.59 Å². The Bertz CT molecular complexity index is 1550. The van der Waals surface area contributed by atoms with Crippen LogP contribution in [0.2, 0.25) is 5.02 Å². The summed E-state index contributed by atoms with van der Waals surface area (Å²) in [6.07, 6.45) is 0. The quantitative estimate of drug-likeness (QED) is 0.511. The largest absolute Gasteiger partial charge is 0.331 e. The molecular weight excluding hydrogens is 496 g/mol. The molecule has 4 rings (SSSR count). The van der Waals surface area contributed by atoms with Gasteiger partial charge in [0.1, 0.15) is 6.07 Å². The number of nitriles is 1. The van der Waals surface area contributed by atoms with E-state index < -0.39 is 17.4 Å². The fourth-order valence-electron chi connectivity index (χ4n) is 4.77. The highest BCUT2D eigenvalue weighted by Gasteiger charge is 2.40. The molecule has 0 unspecified atom stereocenters. The SMILES string of the molecule is CCn1c(=O)c2cc(NC(=O)[C@H]3CN(C)C[C@@H]3C(=O)Nc3ccc(C#N)c(Cl)c3)ccc2n(CC)c1=O. The third-order valence-electron chi connectivity index (χ3n) is 6.66. The highest BCUT2D eigenvalue weighted by atomic mass is 35.5. The van der Waals surface area contributed by atoms with Crippen molar-refractivity contribution in [2.45, 2.75) is 26.9 Å². The molecule has 2 aromatic carbocycles. The van der Waals surface area contributed by atoms with E-state index >= 15 is 0 Å². The van der Waals surface area contributed by atoms with Crippen LogP contribution in [-0.4, -0.2) is 46.0 Å². The molecule has 0 spiro atoms. The molecule has 2 N–H and O–H groups in total. The number of hydrogen-bond donors (Lipinski definition) is 2. The van der Waals surface area contributed by atoms with E-state index in [0.29, 0.717) is 47.5 Å². The van der Waals surface area contributed by atoms with Crippen molar-refractivity contribution in [2.75, 3.05) is 30.8 Å². The van der Waals surface area contributed by atoms with E-state index in [-0.39, 0.29) is 29.1 Å². The fraction of sp³-hybridized carbons (Fsp3) is 0.346. The Balaban J connectivity index is 1.57. The molecule has 11 heteroatoms. The van der Waals surface area contributed by atoms with E-state index in [0.717, 1.165) is 0 Å². The van der Waals surface area contributed by atoms with Gasteiger partial charge in [-0.1, -0.05) is 11.6 Å². The monoisotopic (exact) mass is 522 g/mol. The van der Waals surface area contributed by atoms with Gasteiger partial charge in [0.15, 0.2) is 0 Å². The number of carbonyl (C=O) groups is 2. The van der Waals surface area contributed by atoms with Crippen molar-refractivity contribution in [3.8, 4) is 6.07 Å². The molecule has 2 heterocycles. The summed E-state index contributed by atoms with van der Waals surface area (Å²) >= 11 is 6.08. The summed E-state index contributed by atoms with van der Waals surface area (Å²) in [6.45, 7) is 4.96. The Hall–Kier alpha value is -3.94. The fourth-order valence-corrected chi connectivity index (χ4v) is 4.99. The van der Waals surface area contributed by atoms with Crippen molar-refractivity contribution in [3.05, 3.63) is 67.8 Å². The zero-order valence-corrected chi connectivity index (χ0v) is 21.5. The van der Waals surface area contributed by atoms with Crippen molar-refractivity contribution in [1.29, 1.82) is 5.26 Å². The van der Waals surface area contributed by atoms with Crippen molar-refractivity contribution in [3.63, 3.8) is 0 Å². The molecular formula is C26H27ClN6O4. The highest BCUT2D eigenvalue weighted by molar-refractivity contribution is 6.32. The Morgan fingerprint density at radius 3 is 2.08 bits per heavy atom. The number of nitrogens with zero attached hydrogens (tertiary/aromatic N) is 4. The van der Waals surface area contributed by atoms with Crippen molar-refractivity contribution >= 4 is 45.7 Å². The Morgan fingerprint density at radius 2 is 1.54 bits per heavy atom. The number of halogens is 1. The van der Waals surface area contributed by atoms with E-state index in [4.69, 9.17) is 16.9 Å². The minimum atomic E-state index is -0.633. The Labute approximate surface area is 218 Å². The molecule has 0 aliphatic carbocycles. The van der Waals surface area contributed by atoms with Gasteiger partial charge >= 0.3 is 5.69 Å². The van der Waals surface area contributed by atoms with Crippen LogP contribution in [0.4, 0.5) is 11.4 Å². The third kappa shape index (κ3) is 5.01. The lowest BCUT2D eigenvalue weighted by Gasteiger charge is -2.18. The van der Waals surface area contributed by atoms with Gasteiger partial charge in [0.2, 0.25) is 11.8 Å². The average molecular weight is 523 g/mol. The minimum absolute atomic E-state index is 0.227. The number of hydrogen-bond acceptors (Lipinski definition) is 6. The van der Waals surface area contributed by atoms with Gasteiger partial charge in [-0.25, -0.2) is 4.79 Å². The molecule has 1 aliphatic rings. The molecule has 2 amide bonds. The molecule has 1 aromatic heterocycles. The number of carbonyl (C=O) groups excluding carboxylic acids is 2. The van der Waals surface area contributed by atoms with Gasteiger partial charge in [-0.15, -0.1) is 0 Å². The van der Waals surface area contributed by atoms with Crippen LogP contribution in [0, 0.1) is 23.2 Å². The van der Waals surface area contributed by atoms with Gasteiger partial charge in [-0.3, -0.25) is 23.5 Å². The molecule has 10 nitrogen and oxygen atoms in total. The van der Waals surface area contributed by atoms with E-state index in [2.05, 4.69) is 10.6 Å². The van der Waals surface area contributed by atoms with Gasteiger partial charge < -0.3 is 15.5 Å².